The largest absolute Gasteiger partial charge is 0.479 e. The highest BCUT2D eigenvalue weighted by Gasteiger charge is 2.12. The van der Waals surface area contributed by atoms with Gasteiger partial charge in [-0.15, -0.1) is 0 Å². The fourth-order valence-electron chi connectivity index (χ4n) is 1.40. The summed E-state index contributed by atoms with van der Waals surface area (Å²) in [4.78, 5) is 7.81. The molecule has 94 valence electrons. The quantitative estimate of drug-likeness (QED) is 0.924. The van der Waals surface area contributed by atoms with E-state index in [1.165, 1.54) is 13.4 Å². The van der Waals surface area contributed by atoms with Gasteiger partial charge in [-0.25, -0.2) is 0 Å². The Morgan fingerprint density at radius 3 is 2.61 bits per heavy atom. The lowest BCUT2D eigenvalue weighted by Gasteiger charge is -2.10. The summed E-state index contributed by atoms with van der Waals surface area (Å²) in [6.45, 7) is 1.94. The fourth-order valence-corrected chi connectivity index (χ4v) is 1.67. The second-order valence-electron chi connectivity index (χ2n) is 3.64. The lowest BCUT2D eigenvalue weighted by atomic mass is 10.2. The highest BCUT2D eigenvalue weighted by Crippen LogP contribution is 2.34. The van der Waals surface area contributed by atoms with Gasteiger partial charge in [-0.2, -0.15) is 9.97 Å². The highest BCUT2D eigenvalue weighted by molar-refractivity contribution is 6.32. The number of hydrogen-bond donors (Lipinski definition) is 1. The number of anilines is 1. The van der Waals surface area contributed by atoms with Crippen LogP contribution in [0, 0.1) is 6.92 Å². The Kier molecular flexibility index (Phi) is 3.53. The van der Waals surface area contributed by atoms with Crippen LogP contribution in [-0.2, 0) is 0 Å². The minimum atomic E-state index is 0.215. The molecular formula is C12H12ClN3O2. The summed E-state index contributed by atoms with van der Waals surface area (Å²) in [6, 6.07) is 5.44. The molecule has 0 radical (unpaired) electrons. The maximum Gasteiger partial charge on any atom is 0.249 e. The van der Waals surface area contributed by atoms with Gasteiger partial charge in [0.05, 0.1) is 12.1 Å². The third-order valence-electron chi connectivity index (χ3n) is 2.30. The molecule has 1 heterocycles. The standard InChI is InChI=1S/C12H12ClN3O2/c1-7-3-4-9(8(13)5-7)18-12-10(14)11(17-2)15-6-16-12/h3-6H,14H2,1-2H3. The molecule has 0 saturated carbocycles. The van der Waals surface area contributed by atoms with E-state index in [9.17, 15) is 0 Å². The van der Waals surface area contributed by atoms with Gasteiger partial charge in [0.25, 0.3) is 0 Å². The minimum absolute atomic E-state index is 0.215. The van der Waals surface area contributed by atoms with Gasteiger partial charge in [0.1, 0.15) is 12.1 Å². The molecule has 2 N–H and O–H groups in total. The summed E-state index contributed by atoms with van der Waals surface area (Å²) in [5.41, 5.74) is 7.08. The number of nitrogens with two attached hydrogens (primary N) is 1. The third-order valence-corrected chi connectivity index (χ3v) is 2.59. The molecule has 18 heavy (non-hydrogen) atoms. The molecule has 1 aromatic heterocycles. The van der Waals surface area contributed by atoms with Crippen molar-refractivity contribution in [2.45, 2.75) is 6.92 Å². The number of methoxy groups -OCH3 is 1. The van der Waals surface area contributed by atoms with Crippen LogP contribution in [0.3, 0.4) is 0 Å². The van der Waals surface area contributed by atoms with Gasteiger partial charge < -0.3 is 15.2 Å². The Balaban J connectivity index is 2.34. The van der Waals surface area contributed by atoms with Crippen molar-refractivity contribution < 1.29 is 9.47 Å². The summed E-state index contributed by atoms with van der Waals surface area (Å²) < 4.78 is 10.5. The highest BCUT2D eigenvalue weighted by atomic mass is 35.5. The fraction of sp³-hybridized carbons (Fsp3) is 0.167. The Morgan fingerprint density at radius 1 is 1.22 bits per heavy atom. The first-order valence-corrected chi connectivity index (χ1v) is 5.58. The Bertz CT molecular complexity index is 575. The van der Waals surface area contributed by atoms with Crippen molar-refractivity contribution in [3.8, 4) is 17.5 Å². The van der Waals surface area contributed by atoms with Crippen LogP contribution in [0.1, 0.15) is 5.56 Å². The molecule has 2 rings (SSSR count). The van der Waals surface area contributed by atoms with Gasteiger partial charge in [-0.3, -0.25) is 0 Å². The van der Waals surface area contributed by atoms with Gasteiger partial charge in [0.2, 0.25) is 11.8 Å². The molecule has 0 aliphatic rings. The topological polar surface area (TPSA) is 70.3 Å². The monoisotopic (exact) mass is 265 g/mol. The first-order chi connectivity index (χ1) is 8.61. The molecule has 0 unspecified atom stereocenters. The van der Waals surface area contributed by atoms with Crippen LogP contribution in [0.25, 0.3) is 0 Å². The number of nitrogen functional groups attached to an aromatic ring is 1. The van der Waals surface area contributed by atoms with Gasteiger partial charge in [0, 0.05) is 0 Å². The molecule has 0 aliphatic carbocycles. The molecule has 5 nitrogen and oxygen atoms in total. The van der Waals surface area contributed by atoms with Crippen LogP contribution in [-0.4, -0.2) is 17.1 Å². The molecular weight excluding hydrogens is 254 g/mol. The van der Waals surface area contributed by atoms with Gasteiger partial charge in [0.15, 0.2) is 5.69 Å². The average molecular weight is 266 g/mol. The summed E-state index contributed by atoms with van der Waals surface area (Å²) >= 11 is 6.06. The van der Waals surface area contributed by atoms with Crippen molar-refractivity contribution >= 4 is 17.3 Å². The Hall–Kier alpha value is -2.01. The second-order valence-corrected chi connectivity index (χ2v) is 4.04. The summed E-state index contributed by atoms with van der Waals surface area (Å²) in [5, 5.41) is 0.493. The van der Waals surface area contributed by atoms with E-state index in [0.717, 1.165) is 5.56 Å². The van der Waals surface area contributed by atoms with E-state index in [0.29, 0.717) is 10.8 Å². The molecule has 0 aliphatic heterocycles. The molecule has 0 saturated heterocycles. The summed E-state index contributed by atoms with van der Waals surface area (Å²) in [7, 11) is 1.47. The van der Waals surface area contributed by atoms with E-state index in [-0.39, 0.29) is 17.4 Å². The van der Waals surface area contributed by atoms with Gasteiger partial charge in [-0.05, 0) is 24.6 Å². The van der Waals surface area contributed by atoms with Crippen molar-refractivity contribution in [2.75, 3.05) is 12.8 Å². The van der Waals surface area contributed by atoms with E-state index in [4.69, 9.17) is 26.8 Å². The average Bonchev–Trinajstić information content (AvgIpc) is 2.35. The maximum atomic E-state index is 6.06. The Morgan fingerprint density at radius 2 is 1.94 bits per heavy atom. The van der Waals surface area contributed by atoms with Gasteiger partial charge >= 0.3 is 0 Å². The van der Waals surface area contributed by atoms with E-state index >= 15 is 0 Å². The molecule has 0 atom stereocenters. The smallest absolute Gasteiger partial charge is 0.249 e. The molecule has 2 aromatic rings. The number of aryl methyl sites for hydroxylation is 1. The van der Waals surface area contributed by atoms with Crippen LogP contribution < -0.4 is 15.2 Å². The zero-order valence-corrected chi connectivity index (χ0v) is 10.7. The molecule has 0 spiro atoms. The minimum Gasteiger partial charge on any atom is -0.479 e. The van der Waals surface area contributed by atoms with Gasteiger partial charge in [-0.1, -0.05) is 17.7 Å². The predicted octanol–water partition coefficient (Wildman–Crippen LogP) is 2.82. The van der Waals surface area contributed by atoms with Crippen molar-refractivity contribution in [3.05, 3.63) is 35.1 Å². The van der Waals surface area contributed by atoms with E-state index in [1.807, 2.05) is 13.0 Å². The number of aromatic nitrogens is 2. The van der Waals surface area contributed by atoms with Crippen molar-refractivity contribution in [2.24, 2.45) is 0 Å². The molecule has 0 amide bonds. The lowest BCUT2D eigenvalue weighted by molar-refractivity contribution is 0.391. The van der Waals surface area contributed by atoms with Crippen molar-refractivity contribution in [1.29, 1.82) is 0 Å². The van der Waals surface area contributed by atoms with Crippen molar-refractivity contribution in [1.82, 2.24) is 9.97 Å². The number of hydrogen-bond acceptors (Lipinski definition) is 5. The normalized spacial score (nSPS) is 10.2. The van der Waals surface area contributed by atoms with Crippen LogP contribution >= 0.6 is 11.6 Å². The molecule has 6 heteroatoms. The van der Waals surface area contributed by atoms with E-state index in [2.05, 4.69) is 9.97 Å². The first kappa shape index (κ1) is 12.4. The lowest BCUT2D eigenvalue weighted by Crippen LogP contribution is -2.00. The predicted molar refractivity (Wildman–Crippen MR) is 69.3 cm³/mol. The molecule has 0 bridgehead atoms. The summed E-state index contributed by atoms with van der Waals surface area (Å²) in [5.74, 6) is 0.963. The van der Waals surface area contributed by atoms with Crippen molar-refractivity contribution in [3.63, 3.8) is 0 Å². The van der Waals surface area contributed by atoms with Crippen LogP contribution in [0.15, 0.2) is 24.5 Å². The number of rotatable bonds is 3. The van der Waals surface area contributed by atoms with Crippen LogP contribution in [0.5, 0.6) is 17.5 Å². The SMILES string of the molecule is COc1ncnc(Oc2ccc(C)cc2Cl)c1N. The summed E-state index contributed by atoms with van der Waals surface area (Å²) in [6.07, 6.45) is 1.31. The zero-order valence-electron chi connectivity index (χ0n) is 9.98. The number of ether oxygens (including phenoxy) is 2. The maximum absolute atomic E-state index is 6.06. The first-order valence-electron chi connectivity index (χ1n) is 5.20. The van der Waals surface area contributed by atoms with Crippen LogP contribution in [0.4, 0.5) is 5.69 Å². The van der Waals surface area contributed by atoms with E-state index in [1.54, 1.807) is 12.1 Å². The number of halogens is 1. The Labute approximate surface area is 110 Å². The number of nitrogens with zero attached hydrogens (tertiary/aromatic N) is 2. The number of benzene rings is 1. The molecule has 1 aromatic carbocycles. The van der Waals surface area contributed by atoms with Crippen LogP contribution in [0.2, 0.25) is 5.02 Å². The zero-order chi connectivity index (χ0) is 13.1. The third kappa shape index (κ3) is 2.46. The second kappa shape index (κ2) is 5.10. The van der Waals surface area contributed by atoms with E-state index < -0.39 is 0 Å². The molecule has 0 fully saturated rings.